The van der Waals surface area contributed by atoms with Crippen molar-refractivity contribution in [3.63, 3.8) is 0 Å². The molecule has 5 heteroatoms. The number of benzene rings is 3. The van der Waals surface area contributed by atoms with E-state index < -0.39 is 0 Å². The van der Waals surface area contributed by atoms with Crippen LogP contribution in [0.5, 0.6) is 0 Å². The van der Waals surface area contributed by atoms with Gasteiger partial charge in [0.05, 0.1) is 0 Å². The Morgan fingerprint density at radius 1 is 0.871 bits per heavy atom. The second kappa shape index (κ2) is 9.76. The highest BCUT2D eigenvalue weighted by atomic mass is 16.5. The van der Waals surface area contributed by atoms with Crippen LogP contribution in [0, 0.1) is 0 Å². The van der Waals surface area contributed by atoms with Gasteiger partial charge in [-0.3, -0.25) is 9.59 Å². The Balaban J connectivity index is 1.25. The number of nitrogens with one attached hydrogen (secondary N) is 2. The second-order valence-corrected chi connectivity index (χ2v) is 7.33. The number of ether oxygens (including phenoxy) is 1. The molecule has 1 aromatic heterocycles. The lowest BCUT2D eigenvalue weighted by atomic mass is 10.0. The molecule has 0 aliphatic heterocycles. The van der Waals surface area contributed by atoms with Crippen LogP contribution in [0.15, 0.2) is 85.1 Å². The average Bonchev–Trinajstić information content (AvgIpc) is 3.22. The largest absolute Gasteiger partial charge is 0.456 e. The maximum atomic E-state index is 12.3. The third-order valence-electron chi connectivity index (χ3n) is 5.15. The molecule has 5 nitrogen and oxygen atoms in total. The molecule has 2 N–H and O–H groups in total. The molecular formula is C26H24N2O3. The first-order valence-electron chi connectivity index (χ1n) is 10.4. The molecule has 0 saturated carbocycles. The van der Waals surface area contributed by atoms with Gasteiger partial charge in [0.1, 0.15) is 0 Å². The molecule has 0 aliphatic rings. The van der Waals surface area contributed by atoms with Gasteiger partial charge in [-0.05, 0) is 36.1 Å². The highest BCUT2D eigenvalue weighted by Crippen LogP contribution is 2.27. The number of aromatic nitrogens is 1. The predicted octanol–water partition coefficient (Wildman–Crippen LogP) is 5.34. The fourth-order valence-corrected chi connectivity index (χ4v) is 3.63. The van der Waals surface area contributed by atoms with Gasteiger partial charge < -0.3 is 15.0 Å². The molecule has 4 rings (SSSR count). The number of carbonyl (C=O) groups is 2. The number of carbonyl (C=O) groups excluding carboxylic acids is 2. The average molecular weight is 412 g/mol. The molecule has 0 radical (unpaired) electrons. The molecule has 0 aliphatic carbocycles. The zero-order chi connectivity index (χ0) is 21.5. The lowest BCUT2D eigenvalue weighted by molar-refractivity contribution is -0.147. The summed E-state index contributed by atoms with van der Waals surface area (Å²) in [7, 11) is 0. The van der Waals surface area contributed by atoms with E-state index >= 15 is 0 Å². The zero-order valence-electron chi connectivity index (χ0n) is 17.1. The number of hydrogen-bond donors (Lipinski definition) is 2. The van der Waals surface area contributed by atoms with Gasteiger partial charge in [0.25, 0.3) is 5.91 Å². The lowest BCUT2D eigenvalue weighted by Crippen LogP contribution is -2.21. The van der Waals surface area contributed by atoms with E-state index in [1.54, 1.807) is 0 Å². The molecule has 1 amide bonds. The first-order chi connectivity index (χ1) is 15.2. The van der Waals surface area contributed by atoms with E-state index in [4.69, 9.17) is 4.74 Å². The number of fused-ring (bicyclic) bond motifs is 1. The van der Waals surface area contributed by atoms with E-state index in [9.17, 15) is 9.59 Å². The van der Waals surface area contributed by atoms with Crippen molar-refractivity contribution >= 4 is 28.5 Å². The van der Waals surface area contributed by atoms with Crippen LogP contribution in [0.3, 0.4) is 0 Å². The number of hydrogen-bond acceptors (Lipinski definition) is 3. The van der Waals surface area contributed by atoms with Crippen molar-refractivity contribution < 1.29 is 14.3 Å². The molecule has 3 aromatic carbocycles. The fourth-order valence-electron chi connectivity index (χ4n) is 3.63. The van der Waals surface area contributed by atoms with Crippen molar-refractivity contribution in [2.24, 2.45) is 0 Å². The molecular weight excluding hydrogens is 388 g/mol. The number of para-hydroxylation sites is 2. The minimum Gasteiger partial charge on any atom is -0.456 e. The summed E-state index contributed by atoms with van der Waals surface area (Å²) in [6, 6.07) is 25.5. The quantitative estimate of drug-likeness (QED) is 0.384. The third kappa shape index (κ3) is 5.20. The summed E-state index contributed by atoms with van der Waals surface area (Å²) in [4.78, 5) is 27.6. The summed E-state index contributed by atoms with van der Waals surface area (Å²) in [6.45, 7) is -0.297. The van der Waals surface area contributed by atoms with E-state index in [1.165, 1.54) is 10.9 Å². The topological polar surface area (TPSA) is 71.2 Å². The monoisotopic (exact) mass is 412 g/mol. The number of esters is 1. The molecule has 0 unspecified atom stereocenters. The SMILES string of the molecule is O=C(COC(=O)CCCc1c[nH]c2ccccc12)Nc1ccccc1-c1ccccc1. The summed E-state index contributed by atoms with van der Waals surface area (Å²) in [6.07, 6.45) is 3.69. The highest BCUT2D eigenvalue weighted by molar-refractivity contribution is 5.96. The number of anilines is 1. The predicted molar refractivity (Wildman–Crippen MR) is 123 cm³/mol. The Morgan fingerprint density at radius 3 is 2.48 bits per heavy atom. The van der Waals surface area contributed by atoms with Crippen LogP contribution in [0.25, 0.3) is 22.0 Å². The van der Waals surface area contributed by atoms with Crippen LogP contribution in [0.1, 0.15) is 18.4 Å². The molecule has 0 saturated heterocycles. The Labute approximate surface area is 181 Å². The van der Waals surface area contributed by atoms with Gasteiger partial charge in [-0.1, -0.05) is 66.7 Å². The van der Waals surface area contributed by atoms with Gasteiger partial charge in [0, 0.05) is 34.8 Å². The number of amides is 1. The Kier molecular flexibility index (Phi) is 6.43. The maximum Gasteiger partial charge on any atom is 0.306 e. The van der Waals surface area contributed by atoms with Gasteiger partial charge in [0.15, 0.2) is 6.61 Å². The summed E-state index contributed by atoms with van der Waals surface area (Å²) in [5.41, 5.74) is 4.88. The highest BCUT2D eigenvalue weighted by Gasteiger charge is 2.11. The smallest absolute Gasteiger partial charge is 0.306 e. The first-order valence-corrected chi connectivity index (χ1v) is 10.4. The van der Waals surface area contributed by atoms with Gasteiger partial charge in [-0.15, -0.1) is 0 Å². The normalized spacial score (nSPS) is 10.7. The van der Waals surface area contributed by atoms with Gasteiger partial charge >= 0.3 is 5.97 Å². The van der Waals surface area contributed by atoms with Crippen molar-refractivity contribution in [3.8, 4) is 11.1 Å². The third-order valence-corrected chi connectivity index (χ3v) is 5.15. The van der Waals surface area contributed by atoms with Crippen molar-refractivity contribution in [1.29, 1.82) is 0 Å². The minimum atomic E-state index is -0.369. The number of aromatic amines is 1. The number of rotatable bonds is 8. The van der Waals surface area contributed by atoms with E-state index in [1.807, 2.05) is 79.0 Å². The van der Waals surface area contributed by atoms with Crippen molar-refractivity contribution in [2.75, 3.05) is 11.9 Å². The molecule has 1 heterocycles. The van der Waals surface area contributed by atoms with E-state index in [-0.39, 0.29) is 24.9 Å². The lowest BCUT2D eigenvalue weighted by Gasteiger charge is -2.11. The molecule has 0 fully saturated rings. The summed E-state index contributed by atoms with van der Waals surface area (Å²) >= 11 is 0. The van der Waals surface area contributed by atoms with Gasteiger partial charge in [-0.25, -0.2) is 0 Å². The summed E-state index contributed by atoms with van der Waals surface area (Å²) in [5.74, 6) is -0.723. The first kappa shape index (κ1) is 20.4. The van der Waals surface area contributed by atoms with Crippen LogP contribution in [0.2, 0.25) is 0 Å². The van der Waals surface area contributed by atoms with E-state index in [0.717, 1.165) is 23.1 Å². The number of aryl methyl sites for hydroxylation is 1. The second-order valence-electron chi connectivity index (χ2n) is 7.33. The Morgan fingerprint density at radius 2 is 1.61 bits per heavy atom. The van der Waals surface area contributed by atoms with Crippen molar-refractivity contribution in [3.05, 3.63) is 90.6 Å². The van der Waals surface area contributed by atoms with E-state index in [2.05, 4.69) is 16.4 Å². The maximum absolute atomic E-state index is 12.3. The van der Waals surface area contributed by atoms with Crippen LogP contribution in [-0.4, -0.2) is 23.5 Å². The fraction of sp³-hybridized carbons (Fsp3) is 0.154. The van der Waals surface area contributed by atoms with Crippen LogP contribution in [0.4, 0.5) is 5.69 Å². The molecule has 0 bridgehead atoms. The van der Waals surface area contributed by atoms with Crippen molar-refractivity contribution in [2.45, 2.75) is 19.3 Å². The molecule has 0 atom stereocenters. The molecule has 0 spiro atoms. The summed E-state index contributed by atoms with van der Waals surface area (Å²) in [5, 5.41) is 4.02. The standard InChI is InChI=1S/C26H24N2O3/c29-25(28-24-15-7-5-12-21(24)19-9-2-1-3-10-19)18-31-26(30)16-8-11-20-17-27-23-14-6-4-13-22(20)23/h1-7,9-10,12-15,17,27H,8,11,16,18H2,(H,28,29). The van der Waals surface area contributed by atoms with Crippen LogP contribution < -0.4 is 5.32 Å². The minimum absolute atomic E-state index is 0.271. The van der Waals surface area contributed by atoms with Crippen LogP contribution in [-0.2, 0) is 20.7 Å². The van der Waals surface area contributed by atoms with Gasteiger partial charge in [-0.2, -0.15) is 0 Å². The van der Waals surface area contributed by atoms with Crippen LogP contribution >= 0.6 is 0 Å². The Bertz CT molecular complexity index is 1180. The van der Waals surface area contributed by atoms with Crippen molar-refractivity contribution in [1.82, 2.24) is 4.98 Å². The molecule has 156 valence electrons. The number of H-pyrrole nitrogens is 1. The molecule has 4 aromatic rings. The summed E-state index contributed by atoms with van der Waals surface area (Å²) < 4.78 is 5.17. The molecule has 31 heavy (non-hydrogen) atoms. The Hall–Kier alpha value is -3.86. The zero-order valence-corrected chi connectivity index (χ0v) is 17.1. The van der Waals surface area contributed by atoms with Gasteiger partial charge in [0.2, 0.25) is 0 Å². The van der Waals surface area contributed by atoms with E-state index in [0.29, 0.717) is 12.1 Å².